The second-order valence-corrected chi connectivity index (χ2v) is 14.7. The summed E-state index contributed by atoms with van der Waals surface area (Å²) in [7, 11) is -3.50. The third-order valence-electron chi connectivity index (χ3n) is 8.63. The topological polar surface area (TPSA) is 123 Å². The third-order valence-corrected chi connectivity index (χ3v) is 10.2. The van der Waals surface area contributed by atoms with Crippen LogP contribution in [-0.2, 0) is 22.9 Å². The molecule has 0 saturated carbocycles. The third kappa shape index (κ3) is 28.4. The van der Waals surface area contributed by atoms with E-state index in [1.165, 1.54) is 122 Å². The lowest BCUT2D eigenvalue weighted by Crippen LogP contribution is -2.21. The molecule has 1 fully saturated rings. The van der Waals surface area contributed by atoms with Crippen molar-refractivity contribution < 1.29 is 38.3 Å². The van der Waals surface area contributed by atoms with Crippen LogP contribution < -0.4 is 0 Å². The van der Waals surface area contributed by atoms with E-state index in [1.54, 1.807) is 0 Å². The van der Waals surface area contributed by atoms with E-state index in [9.17, 15) is 9.36 Å². The van der Waals surface area contributed by atoms with Gasteiger partial charge in [-0.1, -0.05) is 162 Å². The van der Waals surface area contributed by atoms with Gasteiger partial charge in [0.15, 0.2) is 0 Å². The van der Waals surface area contributed by atoms with Gasteiger partial charge in [-0.2, -0.15) is 0 Å². The average molecular weight is 665 g/mol. The highest BCUT2D eigenvalue weighted by Crippen LogP contribution is 2.54. The molecule has 1 heterocycles. The summed E-state index contributed by atoms with van der Waals surface area (Å²) in [5.74, 6) is 0.249. The molecule has 3 N–H and O–H groups in total. The van der Waals surface area contributed by atoms with E-state index in [0.717, 1.165) is 32.1 Å². The zero-order valence-electron chi connectivity index (χ0n) is 29.6. The number of hydrogen-bond donors (Lipinski definition) is 3. The highest BCUT2D eigenvalue weighted by atomic mass is 31.2. The highest BCUT2D eigenvalue weighted by molar-refractivity contribution is 7.48. The van der Waals surface area contributed by atoms with Crippen molar-refractivity contribution in [2.45, 2.75) is 193 Å². The predicted octanol–water partition coefficient (Wildman–Crippen LogP) is 9.86. The molecule has 0 spiro atoms. The Morgan fingerprint density at radius 2 is 1.00 bits per heavy atom. The van der Waals surface area contributed by atoms with Gasteiger partial charge in [-0.05, 0) is 12.8 Å². The number of aliphatic hydroxyl groups is 3. The zero-order chi connectivity index (χ0) is 33.4. The molecule has 8 nitrogen and oxygen atoms in total. The van der Waals surface area contributed by atoms with Crippen molar-refractivity contribution in [3.05, 3.63) is 0 Å². The molecule has 1 aliphatic rings. The van der Waals surface area contributed by atoms with Gasteiger partial charge in [-0.15, -0.1) is 0 Å². The lowest BCUT2D eigenvalue weighted by molar-refractivity contribution is -0.124. The molecule has 0 aromatic rings. The number of phosphoric acid groups is 1. The SMILES string of the molecule is CCCCCCCCCCCCCC(CC(=O)C(C)CCCCCCCCCCCCC)OP1(=O)OCCO1.OCC(O)CO. The predicted molar refractivity (Wildman–Crippen MR) is 186 cm³/mol. The van der Waals surface area contributed by atoms with Crippen LogP contribution >= 0.6 is 7.82 Å². The average Bonchev–Trinajstić information content (AvgIpc) is 3.47. The van der Waals surface area contributed by atoms with E-state index in [1.807, 2.05) is 6.92 Å². The molecular formula is C36H73O8P. The van der Waals surface area contributed by atoms with Crippen molar-refractivity contribution >= 4 is 13.6 Å². The van der Waals surface area contributed by atoms with Crippen molar-refractivity contribution in [2.24, 2.45) is 5.92 Å². The standard InChI is InChI=1S/C33H65O5P.C3H8O3/c1-4-6-8-10-12-14-16-18-20-22-24-26-31(3)33(34)30-32(38-39(35)36-28-29-37-39)27-25-23-21-19-17-15-13-11-9-7-5-2;4-1-3(6)2-5/h31-32H,4-30H2,1-3H3;3-6H,1-2H2. The van der Waals surface area contributed by atoms with E-state index in [0.29, 0.717) is 19.6 Å². The Bertz CT molecular complexity index is 678. The molecule has 1 aliphatic heterocycles. The van der Waals surface area contributed by atoms with Gasteiger partial charge in [-0.3, -0.25) is 18.4 Å². The molecule has 0 aromatic heterocycles. The van der Waals surface area contributed by atoms with E-state index in [2.05, 4.69) is 13.8 Å². The summed E-state index contributed by atoms with van der Waals surface area (Å²) in [5, 5.41) is 24.0. The van der Waals surface area contributed by atoms with Crippen LogP contribution in [0.2, 0.25) is 0 Å². The van der Waals surface area contributed by atoms with Crippen molar-refractivity contribution in [3.8, 4) is 0 Å². The summed E-state index contributed by atoms with van der Waals surface area (Å²) < 4.78 is 29.0. The van der Waals surface area contributed by atoms with Gasteiger partial charge in [0.05, 0.1) is 32.5 Å². The second kappa shape index (κ2) is 32.2. The van der Waals surface area contributed by atoms with Crippen molar-refractivity contribution in [2.75, 3.05) is 26.4 Å². The van der Waals surface area contributed by atoms with Gasteiger partial charge in [-0.25, -0.2) is 4.57 Å². The maximum absolute atomic E-state index is 13.0. The van der Waals surface area contributed by atoms with Gasteiger partial charge in [0.2, 0.25) is 0 Å². The fourth-order valence-corrected chi connectivity index (χ4v) is 6.90. The summed E-state index contributed by atoms with van der Waals surface area (Å²) in [6, 6.07) is 0. The van der Waals surface area contributed by atoms with Crippen molar-refractivity contribution in [1.29, 1.82) is 0 Å². The lowest BCUT2D eigenvalue weighted by atomic mass is 9.93. The molecule has 2 unspecified atom stereocenters. The molecule has 0 aliphatic carbocycles. The smallest absolute Gasteiger partial charge is 0.394 e. The van der Waals surface area contributed by atoms with Crippen LogP contribution in [0, 0.1) is 5.92 Å². The monoisotopic (exact) mass is 665 g/mol. The van der Waals surface area contributed by atoms with Crippen LogP contribution in [0.4, 0.5) is 0 Å². The number of Topliss-reactive ketones (excluding diaryl/α,β-unsaturated/α-hetero) is 1. The summed E-state index contributed by atoms with van der Waals surface area (Å²) in [6.07, 6.45) is 29.2. The van der Waals surface area contributed by atoms with E-state index in [-0.39, 0.29) is 31.0 Å². The maximum atomic E-state index is 13.0. The summed E-state index contributed by atoms with van der Waals surface area (Å²) in [6.45, 7) is 6.44. The Hall–Kier alpha value is -0.340. The highest BCUT2D eigenvalue weighted by Gasteiger charge is 2.36. The fourth-order valence-electron chi connectivity index (χ4n) is 5.57. The largest absolute Gasteiger partial charge is 0.475 e. The Morgan fingerprint density at radius 1 is 0.644 bits per heavy atom. The lowest BCUT2D eigenvalue weighted by Gasteiger charge is -2.21. The van der Waals surface area contributed by atoms with Crippen LogP contribution in [0.3, 0.4) is 0 Å². The summed E-state index contributed by atoms with van der Waals surface area (Å²) in [5.41, 5.74) is 0. The van der Waals surface area contributed by atoms with Gasteiger partial charge >= 0.3 is 7.82 Å². The van der Waals surface area contributed by atoms with E-state index >= 15 is 0 Å². The molecule has 0 amide bonds. The number of aliphatic hydroxyl groups excluding tert-OH is 3. The minimum Gasteiger partial charge on any atom is -0.394 e. The Kier molecular flexibility index (Phi) is 32.0. The molecular weight excluding hydrogens is 591 g/mol. The quantitative estimate of drug-likeness (QED) is 0.0494. The molecule has 1 saturated heterocycles. The van der Waals surface area contributed by atoms with E-state index < -0.39 is 13.9 Å². The fraction of sp³-hybridized carbons (Fsp3) is 0.972. The molecule has 45 heavy (non-hydrogen) atoms. The number of phosphoric ester groups is 1. The number of hydrogen-bond acceptors (Lipinski definition) is 8. The van der Waals surface area contributed by atoms with Crippen LogP contribution in [0.5, 0.6) is 0 Å². The first-order chi connectivity index (χ1) is 21.8. The first-order valence-electron chi connectivity index (χ1n) is 18.8. The summed E-state index contributed by atoms with van der Waals surface area (Å²) in [4.78, 5) is 13.0. The Labute approximate surface area is 277 Å². The molecule has 2 atom stereocenters. The van der Waals surface area contributed by atoms with Crippen LogP contribution in [0.15, 0.2) is 0 Å². The molecule has 9 heteroatoms. The normalized spacial score (nSPS) is 15.6. The summed E-state index contributed by atoms with van der Waals surface area (Å²) >= 11 is 0. The van der Waals surface area contributed by atoms with E-state index in [4.69, 9.17) is 28.9 Å². The van der Waals surface area contributed by atoms with Crippen LogP contribution in [0.1, 0.15) is 181 Å². The minimum atomic E-state index is -3.50. The first kappa shape index (κ1) is 44.7. The molecule has 0 radical (unpaired) electrons. The Balaban J connectivity index is 0.00000292. The van der Waals surface area contributed by atoms with Crippen LogP contribution in [0.25, 0.3) is 0 Å². The molecule has 1 rings (SSSR count). The Morgan fingerprint density at radius 3 is 1.36 bits per heavy atom. The van der Waals surface area contributed by atoms with Gasteiger partial charge in [0.1, 0.15) is 11.9 Å². The first-order valence-corrected chi connectivity index (χ1v) is 20.3. The van der Waals surface area contributed by atoms with Crippen LogP contribution in [-0.4, -0.2) is 59.7 Å². The van der Waals surface area contributed by atoms with Crippen molar-refractivity contribution in [1.82, 2.24) is 0 Å². The van der Waals surface area contributed by atoms with Gasteiger partial charge < -0.3 is 15.3 Å². The van der Waals surface area contributed by atoms with Crippen molar-refractivity contribution in [3.63, 3.8) is 0 Å². The molecule has 0 bridgehead atoms. The number of carbonyl (C=O) groups excluding carboxylic acids is 1. The molecule has 270 valence electrons. The minimum absolute atomic E-state index is 0.0262. The number of unbranched alkanes of at least 4 members (excludes halogenated alkanes) is 20. The number of ketones is 1. The molecule has 0 aromatic carbocycles. The number of rotatable bonds is 31. The van der Waals surface area contributed by atoms with Gasteiger partial charge in [0, 0.05) is 12.3 Å². The van der Waals surface area contributed by atoms with Gasteiger partial charge in [0.25, 0.3) is 0 Å². The zero-order valence-corrected chi connectivity index (χ0v) is 30.5. The maximum Gasteiger partial charge on any atom is 0.475 e. The number of carbonyl (C=O) groups is 1. The second-order valence-electron chi connectivity index (χ2n) is 13.1.